The van der Waals surface area contributed by atoms with E-state index in [2.05, 4.69) is 28.8 Å². The van der Waals surface area contributed by atoms with E-state index < -0.39 is 6.36 Å². The minimum Gasteiger partial charge on any atom is -0.496 e. The predicted octanol–water partition coefficient (Wildman–Crippen LogP) is 4.82. The quantitative estimate of drug-likeness (QED) is 0.669. The number of nitrogens with one attached hydrogen (secondary N) is 1. The number of rotatable bonds is 7. The number of piperazine rings is 1. The van der Waals surface area contributed by atoms with Crippen molar-refractivity contribution in [2.75, 3.05) is 33.3 Å². The second kappa shape index (κ2) is 11.8. The van der Waals surface area contributed by atoms with Gasteiger partial charge in [0.2, 0.25) is 0 Å². The molecule has 0 aliphatic carbocycles. The topological polar surface area (TPSA) is 33.7 Å². The molecule has 1 aliphatic rings. The summed E-state index contributed by atoms with van der Waals surface area (Å²) < 4.78 is 47.3. The fourth-order valence-electron chi connectivity index (χ4n) is 3.19. The summed E-state index contributed by atoms with van der Waals surface area (Å²) in [4.78, 5) is 2.31. The summed E-state index contributed by atoms with van der Waals surface area (Å²) in [5.74, 6) is 0.917. The third kappa shape index (κ3) is 8.34. The Bertz CT molecular complexity index is 554. The molecule has 0 spiro atoms. The van der Waals surface area contributed by atoms with Crippen LogP contribution >= 0.6 is 24.8 Å². The van der Waals surface area contributed by atoms with Gasteiger partial charge in [-0.2, -0.15) is 0 Å². The molecule has 1 atom stereocenters. The Hall–Kier alpha value is -0.890. The minimum atomic E-state index is -4.70. The molecule has 158 valence electrons. The molecular formula is C18H29Cl2F3N2O2. The molecule has 0 saturated carbocycles. The average molecular weight is 433 g/mol. The zero-order valence-electron chi connectivity index (χ0n) is 15.8. The lowest BCUT2D eigenvalue weighted by molar-refractivity contribution is -0.274. The summed E-state index contributed by atoms with van der Waals surface area (Å²) in [6.07, 6.45) is -2.85. The van der Waals surface area contributed by atoms with Crippen molar-refractivity contribution in [2.24, 2.45) is 5.92 Å². The van der Waals surface area contributed by atoms with Crippen molar-refractivity contribution >= 4 is 24.8 Å². The van der Waals surface area contributed by atoms with E-state index in [1.54, 1.807) is 13.2 Å². The Balaban J connectivity index is 0.00000338. The SMILES string of the molecule is COc1ccc(OC(F)(F)F)cc1[C@@H](CCC(C)C)N1CCNCC1.Cl.Cl. The van der Waals surface area contributed by atoms with Crippen LogP contribution in [0.2, 0.25) is 0 Å². The van der Waals surface area contributed by atoms with Crippen LogP contribution < -0.4 is 14.8 Å². The van der Waals surface area contributed by atoms with Crippen LogP contribution in [-0.4, -0.2) is 44.6 Å². The van der Waals surface area contributed by atoms with Gasteiger partial charge in [0, 0.05) is 37.8 Å². The molecule has 0 aromatic heterocycles. The van der Waals surface area contributed by atoms with Crippen LogP contribution in [0, 0.1) is 5.92 Å². The van der Waals surface area contributed by atoms with Crippen molar-refractivity contribution in [3.63, 3.8) is 0 Å². The molecule has 27 heavy (non-hydrogen) atoms. The molecule has 1 fully saturated rings. The third-order valence-corrected chi connectivity index (χ3v) is 4.40. The highest BCUT2D eigenvalue weighted by molar-refractivity contribution is 5.85. The smallest absolute Gasteiger partial charge is 0.496 e. The fourth-order valence-corrected chi connectivity index (χ4v) is 3.19. The lowest BCUT2D eigenvalue weighted by Gasteiger charge is -2.36. The van der Waals surface area contributed by atoms with E-state index in [0.717, 1.165) is 44.6 Å². The fraction of sp³-hybridized carbons (Fsp3) is 0.667. The van der Waals surface area contributed by atoms with Gasteiger partial charge in [-0.05, 0) is 37.0 Å². The number of hydrogen-bond donors (Lipinski definition) is 1. The van der Waals surface area contributed by atoms with Gasteiger partial charge in [0.15, 0.2) is 0 Å². The van der Waals surface area contributed by atoms with Crippen LogP contribution in [0.3, 0.4) is 0 Å². The molecule has 2 rings (SSSR count). The van der Waals surface area contributed by atoms with Gasteiger partial charge < -0.3 is 14.8 Å². The molecule has 1 N–H and O–H groups in total. The van der Waals surface area contributed by atoms with Crippen molar-refractivity contribution in [1.29, 1.82) is 0 Å². The van der Waals surface area contributed by atoms with Crippen LogP contribution in [0.4, 0.5) is 13.2 Å². The maximum Gasteiger partial charge on any atom is 0.573 e. The Morgan fingerprint density at radius 2 is 1.74 bits per heavy atom. The number of hydrogen-bond acceptors (Lipinski definition) is 4. The molecule has 0 amide bonds. The highest BCUT2D eigenvalue weighted by atomic mass is 35.5. The molecule has 1 saturated heterocycles. The van der Waals surface area contributed by atoms with Crippen molar-refractivity contribution in [3.05, 3.63) is 23.8 Å². The monoisotopic (exact) mass is 432 g/mol. The van der Waals surface area contributed by atoms with Gasteiger partial charge in [-0.15, -0.1) is 38.0 Å². The van der Waals surface area contributed by atoms with Crippen molar-refractivity contribution < 1.29 is 22.6 Å². The lowest BCUT2D eigenvalue weighted by Crippen LogP contribution is -2.45. The maximum absolute atomic E-state index is 12.6. The molecule has 1 heterocycles. The first-order chi connectivity index (χ1) is 11.8. The van der Waals surface area contributed by atoms with Crippen LogP contribution in [0.1, 0.15) is 38.3 Å². The van der Waals surface area contributed by atoms with E-state index >= 15 is 0 Å². The molecule has 0 radical (unpaired) electrons. The van der Waals surface area contributed by atoms with Gasteiger partial charge >= 0.3 is 6.36 Å². The standard InChI is InChI=1S/C18H27F3N2O2.2ClH/c1-13(2)4-6-16(23-10-8-22-9-11-23)15-12-14(25-18(19,20)21)5-7-17(15)24-3;;/h5,7,12-13,16,22H,4,6,8-11H2,1-3H3;2*1H/t16-;;/m1../s1. The first kappa shape index (κ1) is 26.1. The number of benzene rings is 1. The molecule has 1 aliphatic heterocycles. The lowest BCUT2D eigenvalue weighted by atomic mass is 9.95. The summed E-state index contributed by atoms with van der Waals surface area (Å²) in [5, 5.41) is 3.31. The molecule has 4 nitrogen and oxygen atoms in total. The number of methoxy groups -OCH3 is 1. The number of alkyl halides is 3. The minimum absolute atomic E-state index is 0. The van der Waals surface area contributed by atoms with Crippen LogP contribution in [0.25, 0.3) is 0 Å². The molecule has 0 unspecified atom stereocenters. The average Bonchev–Trinajstić information content (AvgIpc) is 2.54. The van der Waals surface area contributed by atoms with E-state index in [0.29, 0.717) is 11.7 Å². The molecule has 1 aromatic carbocycles. The summed E-state index contributed by atoms with van der Waals surface area (Å²) >= 11 is 0. The van der Waals surface area contributed by atoms with E-state index in [-0.39, 0.29) is 36.6 Å². The summed E-state index contributed by atoms with van der Waals surface area (Å²) in [6, 6.07) is 4.34. The highest BCUT2D eigenvalue weighted by Gasteiger charge is 2.32. The molecule has 0 bridgehead atoms. The van der Waals surface area contributed by atoms with Gasteiger partial charge in [-0.1, -0.05) is 13.8 Å². The first-order valence-electron chi connectivity index (χ1n) is 8.68. The normalized spacial score (nSPS) is 16.3. The summed E-state index contributed by atoms with van der Waals surface area (Å²) in [5.41, 5.74) is 0.756. The zero-order valence-corrected chi connectivity index (χ0v) is 17.5. The van der Waals surface area contributed by atoms with Gasteiger partial charge in [0.25, 0.3) is 0 Å². The summed E-state index contributed by atoms with van der Waals surface area (Å²) in [6.45, 7) is 7.76. The van der Waals surface area contributed by atoms with Crippen molar-refractivity contribution in [3.8, 4) is 11.5 Å². The maximum atomic E-state index is 12.6. The van der Waals surface area contributed by atoms with E-state index in [4.69, 9.17) is 4.74 Å². The second-order valence-corrected chi connectivity index (χ2v) is 6.72. The molecule has 1 aromatic rings. The third-order valence-electron chi connectivity index (χ3n) is 4.40. The van der Waals surface area contributed by atoms with Gasteiger partial charge in [0.05, 0.1) is 7.11 Å². The Labute approximate surface area is 171 Å². The Kier molecular flexibility index (Phi) is 11.5. The van der Waals surface area contributed by atoms with Gasteiger partial charge in [-0.3, -0.25) is 4.90 Å². The van der Waals surface area contributed by atoms with E-state index in [1.165, 1.54) is 12.1 Å². The van der Waals surface area contributed by atoms with Crippen LogP contribution in [0.15, 0.2) is 18.2 Å². The Morgan fingerprint density at radius 1 is 1.11 bits per heavy atom. The van der Waals surface area contributed by atoms with Gasteiger partial charge in [0.1, 0.15) is 11.5 Å². The van der Waals surface area contributed by atoms with E-state index in [1.807, 2.05) is 0 Å². The largest absolute Gasteiger partial charge is 0.573 e. The Morgan fingerprint density at radius 3 is 2.26 bits per heavy atom. The van der Waals surface area contributed by atoms with Crippen molar-refractivity contribution in [1.82, 2.24) is 10.2 Å². The van der Waals surface area contributed by atoms with Crippen LogP contribution in [0.5, 0.6) is 11.5 Å². The number of ether oxygens (including phenoxy) is 2. The van der Waals surface area contributed by atoms with E-state index in [9.17, 15) is 13.2 Å². The number of halogens is 5. The van der Waals surface area contributed by atoms with Crippen molar-refractivity contribution in [2.45, 2.75) is 39.1 Å². The first-order valence-corrected chi connectivity index (χ1v) is 8.68. The molecular weight excluding hydrogens is 404 g/mol. The molecule has 9 heteroatoms. The van der Waals surface area contributed by atoms with Gasteiger partial charge in [-0.25, -0.2) is 0 Å². The predicted molar refractivity (Wildman–Crippen MR) is 105 cm³/mol. The zero-order chi connectivity index (χ0) is 18.4. The summed E-state index contributed by atoms with van der Waals surface area (Å²) in [7, 11) is 1.54. The van der Waals surface area contributed by atoms with Crippen LogP contribution in [-0.2, 0) is 0 Å². The second-order valence-electron chi connectivity index (χ2n) is 6.72. The highest BCUT2D eigenvalue weighted by Crippen LogP contribution is 2.37. The number of nitrogens with zero attached hydrogens (tertiary/aromatic N) is 1.